The van der Waals surface area contributed by atoms with Gasteiger partial charge in [-0.25, -0.2) is 4.68 Å². The number of fused-ring (bicyclic) bond motifs is 1. The molecule has 3 aromatic rings. The van der Waals surface area contributed by atoms with Crippen molar-refractivity contribution in [3.05, 3.63) is 41.3 Å². The molecule has 0 N–H and O–H groups in total. The first-order chi connectivity index (χ1) is 11.2. The molecule has 0 bridgehead atoms. The van der Waals surface area contributed by atoms with E-state index in [0.717, 1.165) is 17.0 Å². The van der Waals surface area contributed by atoms with Gasteiger partial charge in [-0.1, -0.05) is 22.5 Å². The van der Waals surface area contributed by atoms with Crippen LogP contribution in [0.25, 0.3) is 11.6 Å². The zero-order valence-corrected chi connectivity index (χ0v) is 12.8. The van der Waals surface area contributed by atoms with Gasteiger partial charge in [0.15, 0.2) is 11.5 Å². The van der Waals surface area contributed by atoms with Gasteiger partial charge in [-0.2, -0.15) is 4.98 Å². The number of aromatic nitrogens is 5. The topological polar surface area (TPSA) is 88.1 Å². The maximum Gasteiger partial charge on any atom is 0.280 e. The fraction of sp³-hybridized carbons (Fsp3) is 0.333. The standard InChI is InChI=1S/C15H15N5O3/c1-9-16-15(23-18-9)14-12-8-22-13(7-20(12)19-17-14)10-3-5-11(21-2)6-4-10/h3-6,13H,7-8H2,1-2H3. The monoisotopic (exact) mass is 313 g/mol. The summed E-state index contributed by atoms with van der Waals surface area (Å²) in [7, 11) is 1.65. The molecule has 4 rings (SSSR count). The molecule has 0 spiro atoms. The summed E-state index contributed by atoms with van der Waals surface area (Å²) in [6.45, 7) is 2.74. The lowest BCUT2D eigenvalue weighted by Gasteiger charge is -2.24. The van der Waals surface area contributed by atoms with Crippen LogP contribution in [0.3, 0.4) is 0 Å². The van der Waals surface area contributed by atoms with Gasteiger partial charge in [0.2, 0.25) is 0 Å². The van der Waals surface area contributed by atoms with E-state index in [1.165, 1.54) is 0 Å². The first-order valence-electron chi connectivity index (χ1n) is 7.23. The van der Waals surface area contributed by atoms with Crippen molar-refractivity contribution in [2.45, 2.75) is 26.2 Å². The summed E-state index contributed by atoms with van der Waals surface area (Å²) in [6.07, 6.45) is -0.0765. The molecule has 8 nitrogen and oxygen atoms in total. The second-order valence-electron chi connectivity index (χ2n) is 5.29. The average Bonchev–Trinajstić information content (AvgIpc) is 3.20. The Morgan fingerprint density at radius 1 is 1.26 bits per heavy atom. The lowest BCUT2D eigenvalue weighted by Crippen LogP contribution is -2.22. The molecule has 0 saturated carbocycles. The van der Waals surface area contributed by atoms with Crippen molar-refractivity contribution < 1.29 is 14.0 Å². The Hall–Kier alpha value is -2.74. The van der Waals surface area contributed by atoms with Crippen molar-refractivity contribution in [1.29, 1.82) is 0 Å². The molecule has 1 aliphatic heterocycles. The van der Waals surface area contributed by atoms with Gasteiger partial charge in [-0.3, -0.25) is 0 Å². The average molecular weight is 313 g/mol. The predicted octanol–water partition coefficient (Wildman–Crippen LogP) is 1.92. The summed E-state index contributed by atoms with van der Waals surface area (Å²) < 4.78 is 18.1. The number of aryl methyl sites for hydroxylation is 1. The summed E-state index contributed by atoms with van der Waals surface area (Å²) in [5, 5.41) is 12.1. The molecule has 2 aromatic heterocycles. The summed E-state index contributed by atoms with van der Waals surface area (Å²) in [6, 6.07) is 7.83. The lowest BCUT2D eigenvalue weighted by atomic mass is 10.1. The van der Waals surface area contributed by atoms with Crippen molar-refractivity contribution in [2.24, 2.45) is 0 Å². The van der Waals surface area contributed by atoms with E-state index >= 15 is 0 Å². The molecule has 0 fully saturated rings. The maximum absolute atomic E-state index is 5.96. The minimum absolute atomic E-state index is 0.0765. The summed E-state index contributed by atoms with van der Waals surface area (Å²) in [5.41, 5.74) is 2.50. The molecule has 0 aliphatic carbocycles. The highest BCUT2D eigenvalue weighted by Gasteiger charge is 2.27. The quantitative estimate of drug-likeness (QED) is 0.729. The van der Waals surface area contributed by atoms with Gasteiger partial charge in [0.25, 0.3) is 5.89 Å². The molecule has 118 valence electrons. The Balaban J connectivity index is 1.59. The molecule has 1 atom stereocenters. The van der Waals surface area contributed by atoms with E-state index in [2.05, 4.69) is 20.5 Å². The molecule has 0 amide bonds. The third-order valence-electron chi connectivity index (χ3n) is 3.82. The van der Waals surface area contributed by atoms with Crippen molar-refractivity contribution in [1.82, 2.24) is 25.1 Å². The highest BCUT2D eigenvalue weighted by atomic mass is 16.5. The molecule has 0 saturated heterocycles. The fourth-order valence-corrected chi connectivity index (χ4v) is 2.59. The SMILES string of the molecule is COc1ccc(C2Cn3nnc(-c4nc(C)no4)c3CO2)cc1. The van der Waals surface area contributed by atoms with Gasteiger partial charge in [-0.15, -0.1) is 5.10 Å². The molecule has 0 radical (unpaired) electrons. The lowest BCUT2D eigenvalue weighted by molar-refractivity contribution is -0.00119. The summed E-state index contributed by atoms with van der Waals surface area (Å²) >= 11 is 0. The largest absolute Gasteiger partial charge is 0.497 e. The minimum atomic E-state index is -0.0765. The van der Waals surface area contributed by atoms with E-state index in [0.29, 0.717) is 30.6 Å². The van der Waals surface area contributed by atoms with Crippen LogP contribution in [0, 0.1) is 6.92 Å². The number of rotatable bonds is 3. The zero-order chi connectivity index (χ0) is 15.8. The third kappa shape index (κ3) is 2.46. The van der Waals surface area contributed by atoms with Gasteiger partial charge in [0.05, 0.1) is 26.0 Å². The van der Waals surface area contributed by atoms with E-state index in [-0.39, 0.29) is 6.10 Å². The Morgan fingerprint density at radius 2 is 2.09 bits per heavy atom. The van der Waals surface area contributed by atoms with Gasteiger partial charge in [-0.05, 0) is 24.6 Å². The maximum atomic E-state index is 5.96. The summed E-state index contributed by atoms with van der Waals surface area (Å²) in [5.74, 6) is 1.75. The minimum Gasteiger partial charge on any atom is -0.497 e. The van der Waals surface area contributed by atoms with Crippen LogP contribution in [0.2, 0.25) is 0 Å². The number of hydrogen-bond donors (Lipinski definition) is 0. The van der Waals surface area contributed by atoms with Crippen LogP contribution in [0.5, 0.6) is 5.75 Å². The van der Waals surface area contributed by atoms with E-state index in [9.17, 15) is 0 Å². The van der Waals surface area contributed by atoms with Crippen molar-refractivity contribution >= 4 is 0 Å². The molecule has 1 aliphatic rings. The van der Waals surface area contributed by atoms with Crippen molar-refractivity contribution in [3.63, 3.8) is 0 Å². The predicted molar refractivity (Wildman–Crippen MR) is 78.6 cm³/mol. The smallest absolute Gasteiger partial charge is 0.280 e. The van der Waals surface area contributed by atoms with Crippen LogP contribution in [-0.2, 0) is 17.9 Å². The fourth-order valence-electron chi connectivity index (χ4n) is 2.59. The zero-order valence-electron chi connectivity index (χ0n) is 12.8. The molecule has 3 heterocycles. The Labute approximate surface area is 132 Å². The van der Waals surface area contributed by atoms with Crippen molar-refractivity contribution in [2.75, 3.05) is 7.11 Å². The van der Waals surface area contributed by atoms with Crippen LogP contribution < -0.4 is 4.74 Å². The van der Waals surface area contributed by atoms with E-state index in [1.54, 1.807) is 14.0 Å². The molecule has 1 aromatic carbocycles. The van der Waals surface area contributed by atoms with Crippen molar-refractivity contribution in [3.8, 4) is 17.3 Å². The number of ether oxygens (including phenoxy) is 2. The van der Waals surface area contributed by atoms with E-state index in [1.807, 2.05) is 28.9 Å². The van der Waals surface area contributed by atoms with Gasteiger partial charge in [0, 0.05) is 0 Å². The van der Waals surface area contributed by atoms with Crippen LogP contribution in [0.1, 0.15) is 23.2 Å². The van der Waals surface area contributed by atoms with Crippen LogP contribution >= 0.6 is 0 Å². The Bertz CT molecular complexity index is 824. The second kappa shape index (κ2) is 5.47. The molecule has 1 unspecified atom stereocenters. The molecular weight excluding hydrogens is 298 g/mol. The van der Waals surface area contributed by atoms with Crippen LogP contribution in [-0.4, -0.2) is 32.2 Å². The summed E-state index contributed by atoms with van der Waals surface area (Å²) in [4.78, 5) is 4.19. The molecular formula is C15H15N5O3. The number of benzene rings is 1. The van der Waals surface area contributed by atoms with Gasteiger partial charge < -0.3 is 14.0 Å². The first kappa shape index (κ1) is 13.9. The highest BCUT2D eigenvalue weighted by Crippen LogP contribution is 2.30. The molecule has 23 heavy (non-hydrogen) atoms. The van der Waals surface area contributed by atoms with Gasteiger partial charge >= 0.3 is 0 Å². The first-order valence-corrected chi connectivity index (χ1v) is 7.23. The Morgan fingerprint density at radius 3 is 2.78 bits per heavy atom. The van der Waals surface area contributed by atoms with Crippen LogP contribution in [0.4, 0.5) is 0 Å². The van der Waals surface area contributed by atoms with E-state index in [4.69, 9.17) is 14.0 Å². The number of nitrogens with zero attached hydrogens (tertiary/aromatic N) is 5. The second-order valence-corrected chi connectivity index (χ2v) is 5.29. The number of hydrogen-bond acceptors (Lipinski definition) is 7. The van der Waals surface area contributed by atoms with Gasteiger partial charge in [0.1, 0.15) is 11.9 Å². The Kier molecular flexibility index (Phi) is 3.30. The van der Waals surface area contributed by atoms with E-state index < -0.39 is 0 Å². The highest BCUT2D eigenvalue weighted by molar-refractivity contribution is 5.49. The van der Waals surface area contributed by atoms with Crippen LogP contribution in [0.15, 0.2) is 28.8 Å². The normalized spacial score (nSPS) is 17.0. The third-order valence-corrected chi connectivity index (χ3v) is 3.82. The molecule has 8 heteroatoms. The number of methoxy groups -OCH3 is 1.